The first-order valence-corrected chi connectivity index (χ1v) is 8.24. The number of rotatable bonds is 9. The summed E-state index contributed by atoms with van der Waals surface area (Å²) in [7, 11) is 1.70. The smallest absolute Gasteiger partial charge is 0.222 e. The van der Waals surface area contributed by atoms with E-state index in [1.807, 2.05) is 4.90 Å². The summed E-state index contributed by atoms with van der Waals surface area (Å²) in [6.07, 6.45) is 7.47. The summed E-state index contributed by atoms with van der Waals surface area (Å²) in [6.45, 7) is 6.77. The Labute approximate surface area is 124 Å². The second-order valence-corrected chi connectivity index (χ2v) is 5.74. The third-order valence-electron chi connectivity index (χ3n) is 4.36. The lowest BCUT2D eigenvalue weighted by atomic mass is 10.00. The summed E-state index contributed by atoms with van der Waals surface area (Å²) in [5.41, 5.74) is 0. The van der Waals surface area contributed by atoms with E-state index in [1.54, 1.807) is 7.11 Å². The van der Waals surface area contributed by atoms with Gasteiger partial charge in [0.25, 0.3) is 0 Å². The third kappa shape index (κ3) is 5.80. The number of piperidine rings is 1. The van der Waals surface area contributed by atoms with Crippen LogP contribution in [-0.4, -0.2) is 49.7 Å². The molecule has 1 atom stereocenters. The van der Waals surface area contributed by atoms with Crippen molar-refractivity contribution in [3.05, 3.63) is 0 Å². The van der Waals surface area contributed by atoms with Crippen LogP contribution in [0.15, 0.2) is 0 Å². The molecule has 0 aromatic heterocycles. The lowest BCUT2D eigenvalue weighted by molar-refractivity contribution is -0.134. The number of nitrogens with one attached hydrogen (secondary N) is 1. The molecular formula is C16H32N2O2. The van der Waals surface area contributed by atoms with Gasteiger partial charge in [-0.2, -0.15) is 0 Å². The Balaban J connectivity index is 2.44. The number of hydrogen-bond donors (Lipinski definition) is 1. The van der Waals surface area contributed by atoms with E-state index in [1.165, 1.54) is 19.3 Å². The lowest BCUT2D eigenvalue weighted by Crippen LogP contribution is -2.43. The molecule has 0 saturated carbocycles. The fourth-order valence-corrected chi connectivity index (χ4v) is 3.04. The molecule has 1 saturated heterocycles. The van der Waals surface area contributed by atoms with Gasteiger partial charge in [-0.3, -0.25) is 4.79 Å². The average Bonchev–Trinajstić information content (AvgIpc) is 2.50. The second-order valence-electron chi connectivity index (χ2n) is 5.74. The van der Waals surface area contributed by atoms with Crippen molar-refractivity contribution in [2.45, 2.75) is 70.9 Å². The molecular weight excluding hydrogens is 252 g/mol. The maximum absolute atomic E-state index is 12.5. The highest BCUT2D eigenvalue weighted by atomic mass is 16.5. The van der Waals surface area contributed by atoms with Crippen molar-refractivity contribution in [2.24, 2.45) is 0 Å². The molecule has 1 N–H and O–H groups in total. The van der Waals surface area contributed by atoms with Crippen LogP contribution >= 0.6 is 0 Å². The normalized spacial score (nSPS) is 19.3. The Hall–Kier alpha value is -0.610. The van der Waals surface area contributed by atoms with Gasteiger partial charge >= 0.3 is 0 Å². The quantitative estimate of drug-likeness (QED) is 0.707. The summed E-state index contributed by atoms with van der Waals surface area (Å²) < 4.78 is 5.15. The van der Waals surface area contributed by atoms with E-state index < -0.39 is 0 Å². The molecule has 1 aliphatic rings. The molecule has 0 aliphatic carbocycles. The Morgan fingerprint density at radius 3 is 2.65 bits per heavy atom. The van der Waals surface area contributed by atoms with Crippen LogP contribution in [0.25, 0.3) is 0 Å². The van der Waals surface area contributed by atoms with E-state index >= 15 is 0 Å². The van der Waals surface area contributed by atoms with Gasteiger partial charge in [-0.15, -0.1) is 0 Å². The van der Waals surface area contributed by atoms with E-state index in [-0.39, 0.29) is 0 Å². The first kappa shape index (κ1) is 17.4. The first-order valence-electron chi connectivity index (χ1n) is 8.24. The number of ether oxygens (including phenoxy) is 1. The summed E-state index contributed by atoms with van der Waals surface area (Å²) in [5.74, 6) is 0.295. The van der Waals surface area contributed by atoms with Crippen molar-refractivity contribution >= 4 is 5.91 Å². The van der Waals surface area contributed by atoms with Crippen molar-refractivity contribution in [3.8, 4) is 0 Å². The van der Waals surface area contributed by atoms with Crippen molar-refractivity contribution in [3.63, 3.8) is 0 Å². The topological polar surface area (TPSA) is 41.6 Å². The van der Waals surface area contributed by atoms with Gasteiger partial charge in [0, 0.05) is 32.2 Å². The number of carbonyl (C=O) groups excluding carboxylic acids is 1. The van der Waals surface area contributed by atoms with Crippen molar-refractivity contribution < 1.29 is 9.53 Å². The summed E-state index contributed by atoms with van der Waals surface area (Å²) in [4.78, 5) is 14.5. The molecule has 0 spiro atoms. The Bertz CT molecular complexity index is 261. The minimum Gasteiger partial charge on any atom is -0.383 e. The highest BCUT2D eigenvalue weighted by Crippen LogP contribution is 2.15. The largest absolute Gasteiger partial charge is 0.383 e. The molecule has 0 aromatic rings. The van der Waals surface area contributed by atoms with E-state index in [4.69, 9.17) is 4.74 Å². The standard InChI is InChI=1S/C16H32N2O2/c1-4-15(5-2)18(12-13-20-3)16(19)10-9-14-8-6-7-11-17-14/h14-15,17H,4-13H2,1-3H3. The molecule has 1 amide bonds. The fraction of sp³-hybridized carbons (Fsp3) is 0.938. The van der Waals surface area contributed by atoms with Crippen LogP contribution in [0.4, 0.5) is 0 Å². The first-order chi connectivity index (χ1) is 9.72. The molecule has 1 rings (SSSR count). The molecule has 4 heteroatoms. The molecule has 0 aromatic carbocycles. The minimum atomic E-state index is 0.295. The highest BCUT2D eigenvalue weighted by molar-refractivity contribution is 5.76. The zero-order valence-electron chi connectivity index (χ0n) is 13.5. The average molecular weight is 284 g/mol. The minimum absolute atomic E-state index is 0.295. The van der Waals surface area contributed by atoms with E-state index in [0.717, 1.165) is 32.4 Å². The summed E-state index contributed by atoms with van der Waals surface area (Å²) >= 11 is 0. The number of amides is 1. The zero-order valence-corrected chi connectivity index (χ0v) is 13.5. The van der Waals surface area contributed by atoms with Gasteiger partial charge < -0.3 is 15.0 Å². The SMILES string of the molecule is CCC(CC)N(CCOC)C(=O)CCC1CCCCN1. The van der Waals surface area contributed by atoms with E-state index in [9.17, 15) is 4.79 Å². The van der Waals surface area contributed by atoms with E-state index in [2.05, 4.69) is 19.2 Å². The monoisotopic (exact) mass is 284 g/mol. The van der Waals surface area contributed by atoms with Gasteiger partial charge in [0.05, 0.1) is 6.61 Å². The Morgan fingerprint density at radius 2 is 2.10 bits per heavy atom. The lowest BCUT2D eigenvalue weighted by Gasteiger charge is -2.31. The summed E-state index contributed by atoms with van der Waals surface area (Å²) in [6, 6.07) is 0.899. The molecule has 0 bridgehead atoms. The summed E-state index contributed by atoms with van der Waals surface area (Å²) in [5, 5.41) is 3.52. The molecule has 118 valence electrons. The van der Waals surface area contributed by atoms with Crippen LogP contribution < -0.4 is 5.32 Å². The van der Waals surface area contributed by atoms with Crippen LogP contribution in [0.3, 0.4) is 0 Å². The number of hydrogen-bond acceptors (Lipinski definition) is 3. The molecule has 1 heterocycles. The van der Waals surface area contributed by atoms with Gasteiger partial charge in [-0.25, -0.2) is 0 Å². The van der Waals surface area contributed by atoms with E-state index in [0.29, 0.717) is 31.0 Å². The third-order valence-corrected chi connectivity index (χ3v) is 4.36. The van der Waals surface area contributed by atoms with Crippen LogP contribution in [0, 0.1) is 0 Å². The maximum atomic E-state index is 12.5. The maximum Gasteiger partial charge on any atom is 0.222 e. The van der Waals surface area contributed by atoms with Crippen LogP contribution in [0.2, 0.25) is 0 Å². The molecule has 1 aliphatic heterocycles. The van der Waals surface area contributed by atoms with Gasteiger partial charge in [0.1, 0.15) is 0 Å². The molecule has 1 unspecified atom stereocenters. The number of nitrogens with zero attached hydrogens (tertiary/aromatic N) is 1. The predicted molar refractivity (Wildman–Crippen MR) is 82.8 cm³/mol. The highest BCUT2D eigenvalue weighted by Gasteiger charge is 2.22. The van der Waals surface area contributed by atoms with Crippen molar-refractivity contribution in [2.75, 3.05) is 26.8 Å². The molecule has 4 nitrogen and oxygen atoms in total. The molecule has 0 radical (unpaired) electrons. The molecule has 20 heavy (non-hydrogen) atoms. The Kier molecular flexibility index (Phi) is 8.86. The van der Waals surface area contributed by atoms with Crippen molar-refractivity contribution in [1.29, 1.82) is 0 Å². The number of carbonyl (C=O) groups is 1. The van der Waals surface area contributed by atoms with Gasteiger partial charge in [-0.1, -0.05) is 20.3 Å². The van der Waals surface area contributed by atoms with Crippen LogP contribution in [0.1, 0.15) is 58.8 Å². The van der Waals surface area contributed by atoms with Crippen molar-refractivity contribution in [1.82, 2.24) is 10.2 Å². The fourth-order valence-electron chi connectivity index (χ4n) is 3.04. The second kappa shape index (κ2) is 10.2. The zero-order chi connectivity index (χ0) is 14.8. The molecule has 1 fully saturated rings. The van der Waals surface area contributed by atoms with Crippen LogP contribution in [-0.2, 0) is 9.53 Å². The Morgan fingerprint density at radius 1 is 1.35 bits per heavy atom. The predicted octanol–water partition coefficient (Wildman–Crippen LogP) is 2.57. The van der Waals surface area contributed by atoms with Crippen LogP contribution in [0.5, 0.6) is 0 Å². The van der Waals surface area contributed by atoms with Gasteiger partial charge in [-0.05, 0) is 38.6 Å². The van der Waals surface area contributed by atoms with Gasteiger partial charge in [0.15, 0.2) is 0 Å². The number of methoxy groups -OCH3 is 1. The van der Waals surface area contributed by atoms with Gasteiger partial charge in [0.2, 0.25) is 5.91 Å².